The molecule has 1 saturated heterocycles. The summed E-state index contributed by atoms with van der Waals surface area (Å²) >= 11 is 7.30. The number of rotatable bonds is 4. The fourth-order valence-electron chi connectivity index (χ4n) is 2.05. The molecule has 2 aromatic rings. The number of halogens is 1. The van der Waals surface area contributed by atoms with E-state index in [1.165, 1.54) is 11.3 Å². The third kappa shape index (κ3) is 2.86. The van der Waals surface area contributed by atoms with Gasteiger partial charge in [-0.2, -0.15) is 0 Å². The van der Waals surface area contributed by atoms with E-state index in [1.807, 2.05) is 24.3 Å². The second-order valence-corrected chi connectivity index (χ2v) is 6.09. The summed E-state index contributed by atoms with van der Waals surface area (Å²) in [5.74, 6) is 0. The van der Waals surface area contributed by atoms with Crippen LogP contribution in [-0.4, -0.2) is 24.1 Å². The minimum atomic E-state index is -0.0474. The van der Waals surface area contributed by atoms with Crippen molar-refractivity contribution >= 4 is 40.3 Å². The second-order valence-electron chi connectivity index (χ2n) is 4.35. The van der Waals surface area contributed by atoms with Crippen LogP contribution in [0.5, 0.6) is 0 Å². The third-order valence-corrected chi connectivity index (χ3v) is 4.10. The van der Waals surface area contributed by atoms with E-state index < -0.39 is 0 Å². The molecule has 0 saturated carbocycles. The molecule has 20 heavy (non-hydrogen) atoms. The molecular weight excluding hydrogens is 296 g/mol. The predicted molar refractivity (Wildman–Crippen MR) is 81.6 cm³/mol. The molecule has 2 N–H and O–H groups in total. The quantitative estimate of drug-likeness (QED) is 0.913. The van der Waals surface area contributed by atoms with Gasteiger partial charge in [0.15, 0.2) is 0 Å². The molecule has 1 fully saturated rings. The minimum absolute atomic E-state index is 0.0474. The standard InChI is InChI=1S/C13H13ClN4OS/c14-11-7-17-12(20-11)8-16-9-2-1-3-10(6-9)18-5-4-15-13(18)19/h1-3,6-7,16H,4-5,8H2,(H,15,19). The van der Waals surface area contributed by atoms with Gasteiger partial charge in [0.1, 0.15) is 9.34 Å². The van der Waals surface area contributed by atoms with Crippen LogP contribution in [0.2, 0.25) is 4.34 Å². The van der Waals surface area contributed by atoms with E-state index in [-0.39, 0.29) is 6.03 Å². The van der Waals surface area contributed by atoms with Crippen molar-refractivity contribution in [3.05, 3.63) is 39.8 Å². The number of carbonyl (C=O) groups excluding carboxylic acids is 1. The van der Waals surface area contributed by atoms with Crippen LogP contribution in [0.3, 0.4) is 0 Å². The van der Waals surface area contributed by atoms with Crippen molar-refractivity contribution in [3.63, 3.8) is 0 Å². The molecule has 0 aliphatic carbocycles. The fourth-order valence-corrected chi connectivity index (χ4v) is 2.95. The number of nitrogens with zero attached hydrogens (tertiary/aromatic N) is 2. The molecular formula is C13H13ClN4OS. The maximum atomic E-state index is 11.6. The number of hydrogen-bond acceptors (Lipinski definition) is 4. The number of urea groups is 1. The predicted octanol–water partition coefficient (Wildman–Crippen LogP) is 2.94. The lowest BCUT2D eigenvalue weighted by Crippen LogP contribution is -2.27. The number of nitrogens with one attached hydrogen (secondary N) is 2. The highest BCUT2D eigenvalue weighted by molar-refractivity contribution is 7.15. The van der Waals surface area contributed by atoms with E-state index in [4.69, 9.17) is 11.6 Å². The SMILES string of the molecule is O=C1NCCN1c1cccc(NCc2ncc(Cl)s2)c1. The first-order valence-corrected chi connectivity index (χ1v) is 7.41. The molecule has 1 aliphatic rings. The Hall–Kier alpha value is -1.79. The molecule has 0 bridgehead atoms. The summed E-state index contributed by atoms with van der Waals surface area (Å²) < 4.78 is 0.685. The van der Waals surface area contributed by atoms with Crippen molar-refractivity contribution < 1.29 is 4.79 Å². The molecule has 5 nitrogen and oxygen atoms in total. The Labute approximate surface area is 125 Å². The van der Waals surface area contributed by atoms with Crippen LogP contribution in [0, 0.1) is 0 Å². The summed E-state index contributed by atoms with van der Waals surface area (Å²) in [4.78, 5) is 17.6. The molecule has 7 heteroatoms. The average molecular weight is 309 g/mol. The smallest absolute Gasteiger partial charge is 0.321 e. The highest BCUT2D eigenvalue weighted by Gasteiger charge is 2.20. The van der Waals surface area contributed by atoms with Gasteiger partial charge in [0.25, 0.3) is 0 Å². The molecule has 0 unspecified atom stereocenters. The summed E-state index contributed by atoms with van der Waals surface area (Å²) in [7, 11) is 0. The van der Waals surface area contributed by atoms with Gasteiger partial charge < -0.3 is 10.6 Å². The third-order valence-electron chi connectivity index (χ3n) is 2.98. The molecule has 2 amide bonds. The van der Waals surface area contributed by atoms with Crippen molar-refractivity contribution in [2.75, 3.05) is 23.3 Å². The van der Waals surface area contributed by atoms with Gasteiger partial charge in [0, 0.05) is 24.5 Å². The summed E-state index contributed by atoms with van der Waals surface area (Å²) in [6.45, 7) is 2.01. The van der Waals surface area contributed by atoms with E-state index >= 15 is 0 Å². The lowest BCUT2D eigenvalue weighted by molar-refractivity contribution is 0.252. The van der Waals surface area contributed by atoms with Gasteiger partial charge >= 0.3 is 6.03 Å². The number of carbonyl (C=O) groups is 1. The average Bonchev–Trinajstić information content (AvgIpc) is 3.05. The topological polar surface area (TPSA) is 57.3 Å². The Morgan fingerprint density at radius 3 is 3.10 bits per heavy atom. The summed E-state index contributed by atoms with van der Waals surface area (Å²) in [6.07, 6.45) is 1.65. The fraction of sp³-hybridized carbons (Fsp3) is 0.231. The Morgan fingerprint density at radius 1 is 1.50 bits per heavy atom. The Bertz CT molecular complexity index is 630. The van der Waals surface area contributed by atoms with E-state index in [0.29, 0.717) is 24.0 Å². The van der Waals surface area contributed by atoms with E-state index in [2.05, 4.69) is 15.6 Å². The van der Waals surface area contributed by atoms with Gasteiger partial charge in [0.2, 0.25) is 0 Å². The molecule has 1 aliphatic heterocycles. The van der Waals surface area contributed by atoms with Crippen LogP contribution in [0.4, 0.5) is 16.2 Å². The molecule has 3 rings (SSSR count). The van der Waals surface area contributed by atoms with Crippen molar-refractivity contribution in [1.29, 1.82) is 0 Å². The van der Waals surface area contributed by atoms with Gasteiger partial charge in [-0.05, 0) is 18.2 Å². The first kappa shape index (κ1) is 13.2. The molecule has 104 valence electrons. The van der Waals surface area contributed by atoms with Gasteiger partial charge in [-0.1, -0.05) is 17.7 Å². The van der Waals surface area contributed by atoms with E-state index in [9.17, 15) is 4.79 Å². The van der Waals surface area contributed by atoms with Crippen LogP contribution < -0.4 is 15.5 Å². The lowest BCUT2D eigenvalue weighted by Gasteiger charge is -2.15. The maximum absolute atomic E-state index is 11.6. The van der Waals surface area contributed by atoms with Crippen LogP contribution in [0.15, 0.2) is 30.5 Å². The monoisotopic (exact) mass is 308 g/mol. The minimum Gasteiger partial charge on any atom is -0.378 e. The van der Waals surface area contributed by atoms with Gasteiger partial charge in [-0.3, -0.25) is 4.90 Å². The van der Waals surface area contributed by atoms with Crippen molar-refractivity contribution in [2.24, 2.45) is 0 Å². The number of benzene rings is 1. The Balaban J connectivity index is 1.69. The number of amides is 2. The van der Waals surface area contributed by atoms with Crippen LogP contribution in [0.25, 0.3) is 0 Å². The molecule has 1 aromatic heterocycles. The first-order chi connectivity index (χ1) is 9.72. The number of thiazole rings is 1. The zero-order valence-corrected chi connectivity index (χ0v) is 12.2. The summed E-state index contributed by atoms with van der Waals surface area (Å²) in [6, 6.07) is 7.73. The van der Waals surface area contributed by atoms with Crippen LogP contribution in [0.1, 0.15) is 5.01 Å². The number of anilines is 2. The van der Waals surface area contributed by atoms with Gasteiger partial charge in [0.05, 0.1) is 12.7 Å². The van der Waals surface area contributed by atoms with Crippen LogP contribution in [-0.2, 0) is 6.54 Å². The molecule has 0 radical (unpaired) electrons. The summed E-state index contributed by atoms with van der Waals surface area (Å²) in [5.41, 5.74) is 1.84. The number of aromatic nitrogens is 1. The highest BCUT2D eigenvalue weighted by atomic mass is 35.5. The van der Waals surface area contributed by atoms with Crippen molar-refractivity contribution in [1.82, 2.24) is 10.3 Å². The first-order valence-electron chi connectivity index (χ1n) is 6.22. The summed E-state index contributed by atoms with van der Waals surface area (Å²) in [5, 5.41) is 7.01. The zero-order chi connectivity index (χ0) is 13.9. The van der Waals surface area contributed by atoms with Crippen molar-refractivity contribution in [2.45, 2.75) is 6.54 Å². The Morgan fingerprint density at radius 2 is 2.40 bits per heavy atom. The van der Waals surface area contributed by atoms with E-state index in [1.54, 1.807) is 11.1 Å². The normalized spacial score (nSPS) is 14.4. The second kappa shape index (κ2) is 5.68. The van der Waals surface area contributed by atoms with E-state index in [0.717, 1.165) is 16.4 Å². The lowest BCUT2D eigenvalue weighted by atomic mass is 10.2. The Kier molecular flexibility index (Phi) is 3.75. The highest BCUT2D eigenvalue weighted by Crippen LogP contribution is 2.23. The molecule has 2 heterocycles. The molecule has 0 atom stereocenters. The molecule has 0 spiro atoms. The van der Waals surface area contributed by atoms with Crippen molar-refractivity contribution in [3.8, 4) is 0 Å². The van der Waals surface area contributed by atoms with Gasteiger partial charge in [-0.25, -0.2) is 9.78 Å². The van der Waals surface area contributed by atoms with Crippen LogP contribution >= 0.6 is 22.9 Å². The maximum Gasteiger partial charge on any atom is 0.321 e. The molecule has 1 aromatic carbocycles. The van der Waals surface area contributed by atoms with Gasteiger partial charge in [-0.15, -0.1) is 11.3 Å². The zero-order valence-electron chi connectivity index (χ0n) is 10.6. The number of hydrogen-bond donors (Lipinski definition) is 2. The largest absolute Gasteiger partial charge is 0.378 e.